The molecule has 1 aromatic heterocycles. The van der Waals surface area contributed by atoms with Gasteiger partial charge in [-0.15, -0.1) is 0 Å². The molecule has 0 unspecified atom stereocenters. The van der Waals surface area contributed by atoms with Gasteiger partial charge >= 0.3 is 0 Å². The fraction of sp³-hybridized carbons (Fsp3) is 0.200. The summed E-state index contributed by atoms with van der Waals surface area (Å²) in [6, 6.07) is 27.4. The molecule has 154 valence electrons. The van der Waals surface area contributed by atoms with Crippen molar-refractivity contribution in [3.63, 3.8) is 0 Å². The monoisotopic (exact) mass is 407 g/mol. The number of halogens is 2. The van der Waals surface area contributed by atoms with E-state index in [0.29, 0.717) is 24.4 Å². The van der Waals surface area contributed by atoms with Gasteiger partial charge in [0.2, 0.25) is 0 Å². The Morgan fingerprint density at radius 3 is 1.83 bits per heavy atom. The molecular weight excluding hydrogens is 384 g/mol. The lowest BCUT2D eigenvalue weighted by Crippen LogP contribution is -2.39. The smallest absolute Gasteiger partial charge is 0.266 e. The maximum atomic E-state index is 13.7. The summed E-state index contributed by atoms with van der Waals surface area (Å²) in [6.45, 7) is 0.780. The standard InChI is InChI=1S/C25H23F2NO2/c26-25(27)24(29)23(22-15-20-13-7-8-14-21(20)30-22)28(16-18-9-3-1-4-10-18)17-19-11-5-2-6-12-19/h1-15,23-25,29H,16-17H2/t23-,24-/m0/s1. The van der Waals surface area contributed by atoms with Crippen molar-refractivity contribution in [2.75, 3.05) is 0 Å². The highest BCUT2D eigenvalue weighted by molar-refractivity contribution is 5.77. The van der Waals surface area contributed by atoms with Crippen molar-refractivity contribution in [2.45, 2.75) is 31.7 Å². The number of alkyl halides is 2. The van der Waals surface area contributed by atoms with Gasteiger partial charge in [0, 0.05) is 18.5 Å². The normalized spacial score (nSPS) is 13.8. The van der Waals surface area contributed by atoms with E-state index in [1.165, 1.54) is 0 Å². The van der Waals surface area contributed by atoms with Crippen molar-refractivity contribution < 1.29 is 18.3 Å². The molecule has 0 saturated heterocycles. The van der Waals surface area contributed by atoms with Crippen molar-refractivity contribution in [1.29, 1.82) is 0 Å². The summed E-state index contributed by atoms with van der Waals surface area (Å²) in [5, 5.41) is 11.4. The average Bonchev–Trinajstić information content (AvgIpc) is 3.18. The maximum Gasteiger partial charge on any atom is 0.266 e. The number of rotatable bonds is 8. The number of aliphatic hydroxyl groups is 1. The molecule has 3 aromatic carbocycles. The van der Waals surface area contributed by atoms with E-state index in [1.54, 1.807) is 12.1 Å². The molecule has 0 radical (unpaired) electrons. The van der Waals surface area contributed by atoms with Crippen LogP contribution in [0.4, 0.5) is 8.78 Å². The highest BCUT2D eigenvalue weighted by atomic mass is 19.3. The van der Waals surface area contributed by atoms with Crippen LogP contribution in [0.25, 0.3) is 11.0 Å². The first-order valence-corrected chi connectivity index (χ1v) is 9.88. The van der Waals surface area contributed by atoms with Gasteiger partial charge in [-0.2, -0.15) is 0 Å². The first kappa shape index (κ1) is 20.3. The SMILES string of the molecule is O[C@H](C(F)F)[C@H](c1cc2ccccc2o1)N(Cc1ccccc1)Cc1ccccc1. The highest BCUT2D eigenvalue weighted by Crippen LogP contribution is 2.34. The van der Waals surface area contributed by atoms with Gasteiger partial charge in [-0.25, -0.2) is 8.78 Å². The summed E-state index contributed by atoms with van der Waals surface area (Å²) in [4.78, 5) is 1.85. The van der Waals surface area contributed by atoms with Crippen molar-refractivity contribution in [3.05, 3.63) is 108 Å². The molecule has 3 nitrogen and oxygen atoms in total. The Labute approximate surface area is 174 Å². The summed E-state index contributed by atoms with van der Waals surface area (Å²) in [5.74, 6) is 0.330. The van der Waals surface area contributed by atoms with Crippen LogP contribution >= 0.6 is 0 Å². The lowest BCUT2D eigenvalue weighted by molar-refractivity contribution is -0.0680. The minimum Gasteiger partial charge on any atom is -0.459 e. The van der Waals surface area contributed by atoms with Crippen LogP contribution in [0, 0.1) is 0 Å². The van der Waals surface area contributed by atoms with Crippen LogP contribution in [0.2, 0.25) is 0 Å². The number of benzene rings is 3. The molecule has 2 atom stereocenters. The van der Waals surface area contributed by atoms with Crippen LogP contribution in [-0.2, 0) is 13.1 Å². The Bertz CT molecular complexity index is 992. The summed E-state index contributed by atoms with van der Waals surface area (Å²) >= 11 is 0. The first-order valence-electron chi connectivity index (χ1n) is 9.88. The molecular formula is C25H23F2NO2. The van der Waals surface area contributed by atoms with E-state index in [0.717, 1.165) is 16.5 Å². The van der Waals surface area contributed by atoms with Crippen molar-refractivity contribution in [1.82, 2.24) is 4.90 Å². The quantitative estimate of drug-likeness (QED) is 0.401. The predicted octanol–water partition coefficient (Wildman–Crippen LogP) is 5.80. The zero-order valence-electron chi connectivity index (χ0n) is 16.4. The molecule has 0 bridgehead atoms. The minimum absolute atomic E-state index is 0.330. The molecule has 0 saturated carbocycles. The zero-order valence-corrected chi connectivity index (χ0v) is 16.4. The van der Waals surface area contributed by atoms with Gasteiger partial charge in [0.1, 0.15) is 23.5 Å². The van der Waals surface area contributed by atoms with Gasteiger partial charge in [0.15, 0.2) is 0 Å². The Balaban J connectivity index is 1.76. The van der Waals surface area contributed by atoms with Gasteiger partial charge in [-0.3, -0.25) is 4.90 Å². The fourth-order valence-corrected chi connectivity index (χ4v) is 3.74. The number of para-hydroxylation sites is 1. The molecule has 4 aromatic rings. The summed E-state index contributed by atoms with van der Waals surface area (Å²) in [6.07, 6.45) is -4.80. The summed E-state index contributed by atoms with van der Waals surface area (Å²) < 4.78 is 33.4. The van der Waals surface area contributed by atoms with Gasteiger partial charge in [-0.05, 0) is 23.3 Å². The Morgan fingerprint density at radius 2 is 1.30 bits per heavy atom. The van der Waals surface area contributed by atoms with Crippen LogP contribution in [0.15, 0.2) is 95.4 Å². The van der Waals surface area contributed by atoms with E-state index < -0.39 is 18.6 Å². The van der Waals surface area contributed by atoms with Crippen LogP contribution in [0.1, 0.15) is 22.9 Å². The molecule has 0 spiro atoms. The average molecular weight is 407 g/mol. The molecule has 30 heavy (non-hydrogen) atoms. The van der Waals surface area contributed by atoms with Crippen molar-refractivity contribution in [2.24, 2.45) is 0 Å². The molecule has 0 amide bonds. The second-order valence-electron chi connectivity index (χ2n) is 7.33. The van der Waals surface area contributed by atoms with E-state index in [9.17, 15) is 13.9 Å². The number of aliphatic hydroxyl groups excluding tert-OH is 1. The molecule has 0 aliphatic carbocycles. The van der Waals surface area contributed by atoms with E-state index in [1.807, 2.05) is 83.8 Å². The lowest BCUT2D eigenvalue weighted by Gasteiger charge is -2.33. The summed E-state index contributed by atoms with van der Waals surface area (Å²) in [5.41, 5.74) is 2.55. The van der Waals surface area contributed by atoms with E-state index in [2.05, 4.69) is 0 Å². The molecule has 1 N–H and O–H groups in total. The van der Waals surface area contributed by atoms with Crippen molar-refractivity contribution in [3.8, 4) is 0 Å². The third-order valence-electron chi connectivity index (χ3n) is 5.17. The third kappa shape index (κ3) is 4.58. The van der Waals surface area contributed by atoms with Crippen LogP contribution < -0.4 is 0 Å². The number of hydrogen-bond acceptors (Lipinski definition) is 3. The molecule has 0 fully saturated rings. The Hall–Kier alpha value is -3.02. The number of hydrogen-bond donors (Lipinski definition) is 1. The number of furan rings is 1. The maximum absolute atomic E-state index is 13.7. The van der Waals surface area contributed by atoms with E-state index >= 15 is 0 Å². The van der Waals surface area contributed by atoms with Gasteiger partial charge < -0.3 is 9.52 Å². The Morgan fingerprint density at radius 1 is 0.767 bits per heavy atom. The molecule has 0 aliphatic heterocycles. The lowest BCUT2D eigenvalue weighted by atomic mass is 10.0. The van der Waals surface area contributed by atoms with Gasteiger partial charge in [0.25, 0.3) is 6.43 Å². The molecule has 5 heteroatoms. The zero-order chi connectivity index (χ0) is 20.9. The minimum atomic E-state index is -2.91. The first-order chi connectivity index (χ1) is 14.6. The fourth-order valence-electron chi connectivity index (χ4n) is 3.74. The topological polar surface area (TPSA) is 36.6 Å². The van der Waals surface area contributed by atoms with Gasteiger partial charge in [0.05, 0.1) is 0 Å². The number of nitrogens with zero attached hydrogens (tertiary/aromatic N) is 1. The second-order valence-corrected chi connectivity index (χ2v) is 7.33. The molecule has 0 aliphatic rings. The van der Waals surface area contributed by atoms with E-state index in [4.69, 9.17) is 4.42 Å². The van der Waals surface area contributed by atoms with Gasteiger partial charge in [-0.1, -0.05) is 78.9 Å². The highest BCUT2D eigenvalue weighted by Gasteiger charge is 2.36. The Kier molecular flexibility index (Phi) is 6.21. The van der Waals surface area contributed by atoms with Crippen LogP contribution in [-0.4, -0.2) is 22.5 Å². The predicted molar refractivity (Wildman–Crippen MR) is 113 cm³/mol. The molecule has 4 rings (SSSR count). The van der Waals surface area contributed by atoms with E-state index in [-0.39, 0.29) is 0 Å². The molecule has 1 heterocycles. The number of fused-ring (bicyclic) bond motifs is 1. The largest absolute Gasteiger partial charge is 0.459 e. The summed E-state index contributed by atoms with van der Waals surface area (Å²) in [7, 11) is 0. The van der Waals surface area contributed by atoms with Crippen LogP contribution in [0.5, 0.6) is 0 Å². The second kappa shape index (κ2) is 9.20. The van der Waals surface area contributed by atoms with Crippen molar-refractivity contribution >= 4 is 11.0 Å². The van der Waals surface area contributed by atoms with Crippen LogP contribution in [0.3, 0.4) is 0 Å². The third-order valence-corrected chi connectivity index (χ3v) is 5.17.